The Hall–Kier alpha value is -1.86. The molecule has 0 aliphatic carbocycles. The van der Waals surface area contributed by atoms with Crippen LogP contribution in [0, 0.1) is 0 Å². The van der Waals surface area contributed by atoms with Crippen molar-refractivity contribution in [1.29, 1.82) is 0 Å². The Morgan fingerprint density at radius 2 is 2.06 bits per heavy atom. The fourth-order valence-corrected chi connectivity index (χ4v) is 2.72. The van der Waals surface area contributed by atoms with Crippen LogP contribution in [0.1, 0.15) is 15.2 Å². The Morgan fingerprint density at radius 1 is 1.22 bits per heavy atom. The minimum absolute atomic E-state index is 0.103. The van der Waals surface area contributed by atoms with Gasteiger partial charge < -0.3 is 10.4 Å². The maximum atomic E-state index is 11.6. The van der Waals surface area contributed by atoms with E-state index in [4.69, 9.17) is 5.11 Å². The molecule has 18 heavy (non-hydrogen) atoms. The van der Waals surface area contributed by atoms with Gasteiger partial charge in [0.15, 0.2) is 0 Å². The normalized spacial score (nSPS) is 10.0. The molecule has 94 valence electrons. The molecule has 0 bridgehead atoms. The fourth-order valence-electron chi connectivity index (χ4n) is 1.30. The van der Waals surface area contributed by atoms with E-state index in [0.717, 1.165) is 4.88 Å². The predicted octanol–water partition coefficient (Wildman–Crippen LogP) is 2.83. The molecule has 2 heterocycles. The van der Waals surface area contributed by atoms with E-state index < -0.39 is 12.0 Å². The van der Waals surface area contributed by atoms with Crippen LogP contribution in [-0.2, 0) is 6.54 Å². The molecule has 5 nitrogen and oxygen atoms in total. The highest BCUT2D eigenvalue weighted by Gasteiger charge is 2.13. The van der Waals surface area contributed by atoms with Crippen LogP contribution >= 0.6 is 22.7 Å². The molecule has 0 saturated heterocycles. The van der Waals surface area contributed by atoms with E-state index in [1.165, 1.54) is 17.4 Å². The van der Waals surface area contributed by atoms with Crippen molar-refractivity contribution in [3.8, 4) is 0 Å². The van der Waals surface area contributed by atoms with Crippen LogP contribution in [0.2, 0.25) is 0 Å². The number of rotatable bonds is 4. The molecule has 2 aromatic heterocycles. The first-order valence-electron chi connectivity index (χ1n) is 5.05. The largest absolute Gasteiger partial charge is 0.478 e. The number of anilines is 1. The Morgan fingerprint density at radius 3 is 2.72 bits per heavy atom. The first-order chi connectivity index (χ1) is 8.66. The summed E-state index contributed by atoms with van der Waals surface area (Å²) in [5.74, 6) is -1.05. The second-order valence-electron chi connectivity index (χ2n) is 3.36. The molecule has 2 aromatic rings. The van der Waals surface area contributed by atoms with Gasteiger partial charge in [-0.25, -0.2) is 9.59 Å². The lowest BCUT2D eigenvalue weighted by molar-refractivity contribution is 0.0698. The molecule has 0 saturated carbocycles. The lowest BCUT2D eigenvalue weighted by Gasteiger charge is -2.05. The summed E-state index contributed by atoms with van der Waals surface area (Å²) < 4.78 is 0. The van der Waals surface area contributed by atoms with Crippen LogP contribution in [0.15, 0.2) is 29.0 Å². The van der Waals surface area contributed by atoms with Crippen LogP contribution in [0.25, 0.3) is 0 Å². The number of amides is 2. The van der Waals surface area contributed by atoms with Crippen molar-refractivity contribution in [2.75, 3.05) is 5.32 Å². The molecule has 0 unspecified atom stereocenters. The zero-order valence-corrected chi connectivity index (χ0v) is 10.8. The van der Waals surface area contributed by atoms with Gasteiger partial charge in [0.1, 0.15) is 5.00 Å². The van der Waals surface area contributed by atoms with Gasteiger partial charge >= 0.3 is 12.0 Å². The number of hydrogen-bond donors (Lipinski definition) is 3. The van der Waals surface area contributed by atoms with Gasteiger partial charge in [0, 0.05) is 4.88 Å². The summed E-state index contributed by atoms with van der Waals surface area (Å²) in [6.45, 7) is 0.428. The lowest BCUT2D eigenvalue weighted by atomic mass is 10.3. The van der Waals surface area contributed by atoms with E-state index in [2.05, 4.69) is 10.6 Å². The molecule has 7 heteroatoms. The third kappa shape index (κ3) is 3.08. The van der Waals surface area contributed by atoms with E-state index >= 15 is 0 Å². The summed E-state index contributed by atoms with van der Waals surface area (Å²) in [6.07, 6.45) is 0. The molecule has 0 aromatic carbocycles. The van der Waals surface area contributed by atoms with Crippen LogP contribution in [-0.4, -0.2) is 17.1 Å². The summed E-state index contributed by atoms with van der Waals surface area (Å²) in [4.78, 5) is 23.5. The van der Waals surface area contributed by atoms with Crippen molar-refractivity contribution in [3.05, 3.63) is 39.4 Å². The monoisotopic (exact) mass is 282 g/mol. The average Bonchev–Trinajstić information content (AvgIpc) is 2.96. The average molecular weight is 282 g/mol. The highest BCUT2D eigenvalue weighted by Crippen LogP contribution is 2.22. The molecular weight excluding hydrogens is 272 g/mol. The van der Waals surface area contributed by atoms with Crippen molar-refractivity contribution >= 4 is 39.7 Å². The smallest absolute Gasteiger partial charge is 0.338 e. The van der Waals surface area contributed by atoms with Gasteiger partial charge in [-0.2, -0.15) is 0 Å². The van der Waals surface area contributed by atoms with Crippen LogP contribution in [0.5, 0.6) is 0 Å². The third-order valence-corrected chi connectivity index (χ3v) is 3.83. The minimum Gasteiger partial charge on any atom is -0.478 e. The van der Waals surface area contributed by atoms with Crippen molar-refractivity contribution in [2.24, 2.45) is 0 Å². The fraction of sp³-hybridized carbons (Fsp3) is 0.0909. The van der Waals surface area contributed by atoms with Crippen LogP contribution < -0.4 is 10.6 Å². The van der Waals surface area contributed by atoms with E-state index in [1.807, 2.05) is 17.5 Å². The highest BCUT2D eigenvalue weighted by molar-refractivity contribution is 7.14. The Kier molecular flexibility index (Phi) is 3.96. The first kappa shape index (κ1) is 12.6. The molecule has 3 N–H and O–H groups in total. The molecule has 0 aliphatic heterocycles. The summed E-state index contributed by atoms with van der Waals surface area (Å²) >= 11 is 2.73. The number of carbonyl (C=O) groups excluding carboxylic acids is 1. The molecule has 0 radical (unpaired) electrons. The zero-order valence-electron chi connectivity index (χ0n) is 9.17. The number of carbonyl (C=O) groups is 2. The van der Waals surface area contributed by atoms with Gasteiger partial charge in [0.05, 0.1) is 12.1 Å². The van der Waals surface area contributed by atoms with Gasteiger partial charge in [-0.05, 0) is 22.9 Å². The molecular formula is C11H10N2O3S2. The van der Waals surface area contributed by atoms with E-state index in [0.29, 0.717) is 11.5 Å². The minimum atomic E-state index is -1.05. The topological polar surface area (TPSA) is 78.4 Å². The second kappa shape index (κ2) is 5.65. The molecule has 0 spiro atoms. The second-order valence-corrected chi connectivity index (χ2v) is 5.30. The van der Waals surface area contributed by atoms with Crippen LogP contribution in [0.4, 0.5) is 9.80 Å². The number of thiophene rings is 2. The quantitative estimate of drug-likeness (QED) is 0.806. The van der Waals surface area contributed by atoms with Gasteiger partial charge in [0.25, 0.3) is 0 Å². The predicted molar refractivity (Wildman–Crippen MR) is 71.5 cm³/mol. The summed E-state index contributed by atoms with van der Waals surface area (Å²) in [7, 11) is 0. The maximum Gasteiger partial charge on any atom is 0.338 e. The standard InChI is InChI=1S/C11H10N2O3S2/c14-10(15)8-3-5-18-9(8)13-11(16)12-6-7-2-1-4-17-7/h1-5H,6H2,(H,14,15)(H2,12,13,16). The van der Waals surface area contributed by atoms with Gasteiger partial charge in [0.2, 0.25) is 0 Å². The summed E-state index contributed by atoms with van der Waals surface area (Å²) in [6, 6.07) is 4.87. The maximum absolute atomic E-state index is 11.6. The number of carboxylic acids is 1. The van der Waals surface area contributed by atoms with Crippen molar-refractivity contribution in [3.63, 3.8) is 0 Å². The molecule has 2 rings (SSSR count). The number of aromatic carboxylic acids is 1. The number of nitrogens with one attached hydrogen (secondary N) is 2. The van der Waals surface area contributed by atoms with Crippen molar-refractivity contribution < 1.29 is 14.7 Å². The molecule has 2 amide bonds. The van der Waals surface area contributed by atoms with Crippen molar-refractivity contribution in [2.45, 2.75) is 6.54 Å². The van der Waals surface area contributed by atoms with Gasteiger partial charge in [-0.3, -0.25) is 5.32 Å². The van der Waals surface area contributed by atoms with E-state index in [1.54, 1.807) is 16.7 Å². The van der Waals surface area contributed by atoms with E-state index in [9.17, 15) is 9.59 Å². The van der Waals surface area contributed by atoms with Gasteiger partial charge in [-0.15, -0.1) is 22.7 Å². The number of carboxylic acid groups (broad SMARTS) is 1. The van der Waals surface area contributed by atoms with Gasteiger partial charge in [-0.1, -0.05) is 6.07 Å². The third-order valence-electron chi connectivity index (χ3n) is 2.13. The van der Waals surface area contributed by atoms with E-state index in [-0.39, 0.29) is 5.56 Å². The molecule has 0 fully saturated rings. The van der Waals surface area contributed by atoms with Crippen LogP contribution in [0.3, 0.4) is 0 Å². The lowest BCUT2D eigenvalue weighted by Crippen LogP contribution is -2.28. The van der Waals surface area contributed by atoms with Crippen molar-refractivity contribution in [1.82, 2.24) is 5.32 Å². The Labute approximate surface area is 111 Å². The first-order valence-corrected chi connectivity index (χ1v) is 6.81. The Balaban J connectivity index is 1.91. The highest BCUT2D eigenvalue weighted by atomic mass is 32.1. The zero-order chi connectivity index (χ0) is 13.0. The number of hydrogen-bond acceptors (Lipinski definition) is 4. The summed E-state index contributed by atoms with van der Waals surface area (Å²) in [5.41, 5.74) is 0.103. The number of urea groups is 1. The summed E-state index contributed by atoms with van der Waals surface area (Å²) in [5, 5.41) is 18.0. The molecule has 0 atom stereocenters. The molecule has 0 aliphatic rings. The SMILES string of the molecule is O=C(NCc1cccs1)Nc1sccc1C(=O)O. The Bertz CT molecular complexity index is 548.